The van der Waals surface area contributed by atoms with E-state index in [1.807, 2.05) is 6.92 Å². The number of rotatable bonds is 9. The highest BCUT2D eigenvalue weighted by atomic mass is 16.6. The lowest BCUT2D eigenvalue weighted by Gasteiger charge is -2.15. The van der Waals surface area contributed by atoms with E-state index in [0.717, 1.165) is 38.2 Å². The Bertz CT molecular complexity index is 545. The van der Waals surface area contributed by atoms with Crippen molar-refractivity contribution in [3.8, 4) is 5.75 Å². The highest BCUT2D eigenvalue weighted by Gasteiger charge is 2.22. The van der Waals surface area contributed by atoms with Crippen LogP contribution >= 0.6 is 0 Å². The van der Waals surface area contributed by atoms with Gasteiger partial charge in [-0.2, -0.15) is 0 Å². The average Bonchev–Trinajstić information content (AvgIpc) is 2.43. The van der Waals surface area contributed by atoms with Gasteiger partial charge in [0, 0.05) is 12.1 Å². The summed E-state index contributed by atoms with van der Waals surface area (Å²) in [5.74, 6) is -1.30. The molecule has 0 amide bonds. The molecular formula is C15H22N2O5. The summed E-state index contributed by atoms with van der Waals surface area (Å²) in [4.78, 5) is 21.4. The van der Waals surface area contributed by atoms with Crippen LogP contribution in [0.1, 0.15) is 56.3 Å². The number of nitrogen functional groups attached to an aromatic ring is 1. The monoisotopic (exact) mass is 310 g/mol. The first-order valence-corrected chi connectivity index (χ1v) is 7.34. The van der Waals surface area contributed by atoms with E-state index in [-0.39, 0.29) is 28.8 Å². The first kappa shape index (κ1) is 17.7. The molecule has 0 saturated heterocycles. The van der Waals surface area contributed by atoms with E-state index in [1.165, 1.54) is 6.07 Å². The minimum Gasteiger partial charge on any atom is -0.484 e. The number of unbranched alkanes of at least 4 members (excludes halogenated alkanes) is 3. The van der Waals surface area contributed by atoms with Gasteiger partial charge in [0.1, 0.15) is 0 Å². The zero-order valence-electron chi connectivity index (χ0n) is 12.9. The number of nitrogens with two attached hydrogens (primary N) is 1. The first-order chi connectivity index (χ1) is 10.4. The number of aromatic carboxylic acids is 1. The number of anilines is 1. The highest BCUT2D eigenvalue weighted by Crippen LogP contribution is 2.33. The summed E-state index contributed by atoms with van der Waals surface area (Å²) >= 11 is 0. The third-order valence-corrected chi connectivity index (χ3v) is 3.35. The number of carboxylic acids is 1. The van der Waals surface area contributed by atoms with Crippen molar-refractivity contribution in [2.24, 2.45) is 0 Å². The van der Waals surface area contributed by atoms with Crippen LogP contribution in [0, 0.1) is 10.1 Å². The summed E-state index contributed by atoms with van der Waals surface area (Å²) in [7, 11) is 0. The molecule has 0 aliphatic carbocycles. The number of ether oxygens (including phenoxy) is 1. The molecule has 7 nitrogen and oxygen atoms in total. The van der Waals surface area contributed by atoms with E-state index in [9.17, 15) is 14.9 Å². The van der Waals surface area contributed by atoms with E-state index in [4.69, 9.17) is 15.6 Å². The van der Waals surface area contributed by atoms with Crippen molar-refractivity contribution >= 4 is 17.3 Å². The van der Waals surface area contributed by atoms with Gasteiger partial charge in [-0.1, -0.05) is 26.2 Å². The molecular weight excluding hydrogens is 288 g/mol. The van der Waals surface area contributed by atoms with E-state index < -0.39 is 10.9 Å². The van der Waals surface area contributed by atoms with E-state index in [2.05, 4.69) is 6.92 Å². The van der Waals surface area contributed by atoms with Crippen LogP contribution in [0.2, 0.25) is 0 Å². The van der Waals surface area contributed by atoms with Crippen molar-refractivity contribution in [1.29, 1.82) is 0 Å². The molecule has 7 heteroatoms. The van der Waals surface area contributed by atoms with Gasteiger partial charge in [-0.25, -0.2) is 4.79 Å². The lowest BCUT2D eigenvalue weighted by Crippen LogP contribution is -2.14. The smallest absolute Gasteiger partial charge is 0.338 e. The summed E-state index contributed by atoms with van der Waals surface area (Å²) in [6.45, 7) is 3.95. The fraction of sp³-hybridized carbons (Fsp3) is 0.533. The minimum absolute atomic E-state index is 0.00971. The van der Waals surface area contributed by atoms with Crippen LogP contribution < -0.4 is 10.5 Å². The molecule has 0 spiro atoms. The SMILES string of the molecule is CCCCCCC(C)Oc1cc(N)c(C(=O)O)cc1[N+](=O)[O-]. The second-order valence-corrected chi connectivity index (χ2v) is 5.25. The largest absolute Gasteiger partial charge is 0.484 e. The molecule has 3 N–H and O–H groups in total. The van der Waals surface area contributed by atoms with E-state index in [1.54, 1.807) is 0 Å². The number of benzene rings is 1. The van der Waals surface area contributed by atoms with Gasteiger partial charge in [0.25, 0.3) is 0 Å². The van der Waals surface area contributed by atoms with Crippen LogP contribution in [0.15, 0.2) is 12.1 Å². The van der Waals surface area contributed by atoms with Crippen molar-refractivity contribution in [3.63, 3.8) is 0 Å². The maximum atomic E-state index is 11.1. The summed E-state index contributed by atoms with van der Waals surface area (Å²) < 4.78 is 5.59. The Hall–Kier alpha value is -2.31. The Labute approximate surface area is 129 Å². The number of hydrogen-bond donors (Lipinski definition) is 2. The van der Waals surface area contributed by atoms with E-state index >= 15 is 0 Å². The summed E-state index contributed by atoms with van der Waals surface area (Å²) in [5.41, 5.74) is 4.89. The molecule has 1 aromatic carbocycles. The Morgan fingerprint density at radius 3 is 2.64 bits per heavy atom. The maximum absolute atomic E-state index is 11.1. The van der Waals surface area contributed by atoms with Gasteiger partial charge >= 0.3 is 11.7 Å². The van der Waals surface area contributed by atoms with Crippen LogP contribution in [-0.2, 0) is 0 Å². The van der Waals surface area contributed by atoms with Gasteiger partial charge in [-0.05, 0) is 19.8 Å². The lowest BCUT2D eigenvalue weighted by atomic mass is 10.1. The third-order valence-electron chi connectivity index (χ3n) is 3.35. The normalized spacial score (nSPS) is 11.9. The molecule has 1 aromatic rings. The molecule has 0 radical (unpaired) electrons. The zero-order chi connectivity index (χ0) is 16.7. The molecule has 0 aliphatic heterocycles. The van der Waals surface area contributed by atoms with E-state index in [0.29, 0.717) is 0 Å². The van der Waals surface area contributed by atoms with Crippen molar-refractivity contribution < 1.29 is 19.6 Å². The number of nitrogens with zero attached hydrogens (tertiary/aromatic N) is 1. The number of carbonyl (C=O) groups is 1. The highest BCUT2D eigenvalue weighted by molar-refractivity contribution is 5.95. The summed E-state index contributed by atoms with van der Waals surface area (Å²) in [5, 5.41) is 20.0. The quantitative estimate of drug-likeness (QED) is 0.311. The van der Waals surface area contributed by atoms with Gasteiger partial charge in [0.15, 0.2) is 5.75 Å². The van der Waals surface area contributed by atoms with Crippen LogP contribution in [0.3, 0.4) is 0 Å². The van der Waals surface area contributed by atoms with Gasteiger partial charge in [0.2, 0.25) is 0 Å². The second-order valence-electron chi connectivity index (χ2n) is 5.25. The number of hydrogen-bond acceptors (Lipinski definition) is 5. The third kappa shape index (κ3) is 4.91. The molecule has 1 unspecified atom stereocenters. The molecule has 0 saturated carbocycles. The lowest BCUT2D eigenvalue weighted by molar-refractivity contribution is -0.386. The molecule has 1 atom stereocenters. The molecule has 0 bridgehead atoms. The molecule has 0 fully saturated rings. The van der Waals surface area contributed by atoms with Gasteiger partial charge in [0.05, 0.1) is 22.3 Å². The fourth-order valence-corrected chi connectivity index (χ4v) is 2.14. The van der Waals surface area contributed by atoms with Crippen LogP contribution in [-0.4, -0.2) is 22.1 Å². The predicted molar refractivity (Wildman–Crippen MR) is 83.3 cm³/mol. The standard InChI is InChI=1S/C15H22N2O5/c1-3-4-5-6-7-10(2)22-14-9-12(16)11(15(18)19)8-13(14)17(20)21/h8-10H,3-7,16H2,1-2H3,(H,18,19). The summed E-state index contributed by atoms with van der Waals surface area (Å²) in [6.07, 6.45) is 4.92. The van der Waals surface area contributed by atoms with Crippen LogP contribution in [0.5, 0.6) is 5.75 Å². The Kier molecular flexibility index (Phi) is 6.62. The fourth-order valence-electron chi connectivity index (χ4n) is 2.14. The van der Waals surface area contributed by atoms with Gasteiger partial charge < -0.3 is 15.6 Å². The van der Waals surface area contributed by atoms with Crippen LogP contribution in [0.4, 0.5) is 11.4 Å². The Morgan fingerprint density at radius 2 is 2.09 bits per heavy atom. The number of nitro groups is 1. The minimum atomic E-state index is -1.31. The zero-order valence-corrected chi connectivity index (χ0v) is 12.9. The molecule has 0 aliphatic rings. The van der Waals surface area contributed by atoms with Crippen molar-refractivity contribution in [2.75, 3.05) is 5.73 Å². The predicted octanol–water partition coefficient (Wildman–Crippen LogP) is 3.61. The van der Waals surface area contributed by atoms with Crippen LogP contribution in [0.25, 0.3) is 0 Å². The second kappa shape index (κ2) is 8.21. The Morgan fingerprint density at radius 1 is 1.41 bits per heavy atom. The molecule has 0 heterocycles. The molecule has 0 aromatic heterocycles. The number of nitro benzene ring substituents is 1. The molecule has 1 rings (SSSR count). The summed E-state index contributed by atoms with van der Waals surface area (Å²) in [6, 6.07) is 2.15. The Balaban J connectivity index is 2.87. The van der Waals surface area contributed by atoms with Gasteiger partial charge in [-0.3, -0.25) is 10.1 Å². The number of carboxylic acid groups (broad SMARTS) is 1. The van der Waals surface area contributed by atoms with Gasteiger partial charge in [-0.15, -0.1) is 0 Å². The maximum Gasteiger partial charge on any atom is 0.338 e. The van der Waals surface area contributed by atoms with Crippen molar-refractivity contribution in [2.45, 2.75) is 52.1 Å². The van der Waals surface area contributed by atoms with Crippen molar-refractivity contribution in [3.05, 3.63) is 27.8 Å². The topological polar surface area (TPSA) is 116 Å². The first-order valence-electron chi connectivity index (χ1n) is 7.34. The van der Waals surface area contributed by atoms with Crippen molar-refractivity contribution in [1.82, 2.24) is 0 Å². The molecule has 22 heavy (non-hydrogen) atoms. The average molecular weight is 310 g/mol. The molecule has 122 valence electrons.